The van der Waals surface area contributed by atoms with Crippen molar-refractivity contribution in [2.24, 2.45) is 0 Å². The number of rotatable bonds is 6. The molecule has 21 heavy (non-hydrogen) atoms. The summed E-state index contributed by atoms with van der Waals surface area (Å²) in [5.74, 6) is -0.145. The summed E-state index contributed by atoms with van der Waals surface area (Å²) in [7, 11) is 0. The Hall–Kier alpha value is -1.72. The van der Waals surface area contributed by atoms with Crippen LogP contribution in [0, 0.1) is 0 Å². The molecule has 1 aromatic heterocycles. The molecule has 1 atom stereocenters. The normalized spacial score (nSPS) is 13.7. The average Bonchev–Trinajstić information content (AvgIpc) is 3.01. The van der Waals surface area contributed by atoms with E-state index in [0.717, 1.165) is 5.56 Å². The van der Waals surface area contributed by atoms with E-state index in [2.05, 4.69) is 4.98 Å². The van der Waals surface area contributed by atoms with Gasteiger partial charge in [0.15, 0.2) is 0 Å². The Kier molecular flexibility index (Phi) is 5.09. The van der Waals surface area contributed by atoms with Crippen molar-refractivity contribution in [2.45, 2.75) is 32.4 Å². The second kappa shape index (κ2) is 6.83. The second-order valence-corrected chi connectivity index (χ2v) is 6.09. The monoisotopic (exact) mass is 304 g/mol. The van der Waals surface area contributed by atoms with Crippen LogP contribution in [-0.2, 0) is 6.54 Å². The molecule has 4 nitrogen and oxygen atoms in total. The maximum Gasteiger partial charge on any atom is 0.273 e. The minimum Gasteiger partial charge on any atom is -0.388 e. The van der Waals surface area contributed by atoms with E-state index < -0.39 is 5.60 Å². The highest BCUT2D eigenvalue weighted by atomic mass is 32.1. The smallest absolute Gasteiger partial charge is 0.273 e. The third kappa shape index (κ3) is 4.37. The first-order valence-electron chi connectivity index (χ1n) is 6.95. The fraction of sp³-hybridized carbons (Fsp3) is 0.375. The van der Waals surface area contributed by atoms with Gasteiger partial charge in [-0.3, -0.25) is 4.79 Å². The van der Waals surface area contributed by atoms with E-state index in [1.807, 2.05) is 37.3 Å². The van der Waals surface area contributed by atoms with E-state index in [1.165, 1.54) is 11.3 Å². The molecule has 5 heteroatoms. The maximum absolute atomic E-state index is 12.6. The molecule has 0 bridgehead atoms. The van der Waals surface area contributed by atoms with Crippen molar-refractivity contribution < 1.29 is 9.90 Å². The van der Waals surface area contributed by atoms with Gasteiger partial charge in [0, 0.05) is 18.5 Å². The molecule has 1 aromatic carbocycles. The summed E-state index contributed by atoms with van der Waals surface area (Å²) in [5.41, 5.74) is 2.21. The van der Waals surface area contributed by atoms with Gasteiger partial charge in [0.2, 0.25) is 0 Å². The predicted octanol–water partition coefficient (Wildman–Crippen LogP) is 2.95. The van der Waals surface area contributed by atoms with Crippen LogP contribution in [0.15, 0.2) is 41.2 Å². The molecule has 2 rings (SSSR count). The molecule has 1 heterocycles. The van der Waals surface area contributed by atoms with Crippen LogP contribution in [0.5, 0.6) is 0 Å². The largest absolute Gasteiger partial charge is 0.388 e. The molecular formula is C16H20N2O2S. The zero-order chi connectivity index (χ0) is 15.3. The van der Waals surface area contributed by atoms with Crippen LogP contribution in [0.25, 0.3) is 0 Å². The lowest BCUT2D eigenvalue weighted by Gasteiger charge is -2.30. The van der Waals surface area contributed by atoms with E-state index in [9.17, 15) is 9.90 Å². The topological polar surface area (TPSA) is 53.4 Å². The molecule has 0 spiro atoms. The number of hydrogen-bond acceptors (Lipinski definition) is 4. The maximum atomic E-state index is 12.6. The molecule has 0 unspecified atom stereocenters. The number of nitrogens with zero attached hydrogens (tertiary/aromatic N) is 2. The Balaban J connectivity index is 2.20. The van der Waals surface area contributed by atoms with Gasteiger partial charge in [-0.15, -0.1) is 11.3 Å². The van der Waals surface area contributed by atoms with Crippen LogP contribution >= 0.6 is 11.3 Å². The van der Waals surface area contributed by atoms with Gasteiger partial charge in [-0.1, -0.05) is 37.3 Å². The number of amides is 1. The third-order valence-electron chi connectivity index (χ3n) is 3.45. The van der Waals surface area contributed by atoms with Gasteiger partial charge in [0.25, 0.3) is 5.91 Å². The quantitative estimate of drug-likeness (QED) is 0.892. The fourth-order valence-electron chi connectivity index (χ4n) is 2.01. The summed E-state index contributed by atoms with van der Waals surface area (Å²) in [6, 6.07) is 9.78. The van der Waals surface area contributed by atoms with E-state index in [4.69, 9.17) is 0 Å². The fourth-order valence-corrected chi connectivity index (χ4v) is 2.53. The van der Waals surface area contributed by atoms with Gasteiger partial charge >= 0.3 is 0 Å². The highest BCUT2D eigenvalue weighted by Crippen LogP contribution is 2.16. The van der Waals surface area contributed by atoms with Gasteiger partial charge in [-0.05, 0) is 18.9 Å². The van der Waals surface area contributed by atoms with Crippen LogP contribution in [0.3, 0.4) is 0 Å². The van der Waals surface area contributed by atoms with Crippen LogP contribution in [0.2, 0.25) is 0 Å². The van der Waals surface area contributed by atoms with Crippen LogP contribution in [0.1, 0.15) is 36.3 Å². The van der Waals surface area contributed by atoms with Crippen molar-refractivity contribution in [3.8, 4) is 0 Å². The van der Waals surface area contributed by atoms with E-state index in [1.54, 1.807) is 22.7 Å². The molecule has 2 aromatic rings. The number of carbonyl (C=O) groups excluding carboxylic acids is 1. The van der Waals surface area contributed by atoms with Crippen LogP contribution in [-0.4, -0.2) is 33.0 Å². The van der Waals surface area contributed by atoms with E-state index in [-0.39, 0.29) is 12.5 Å². The second-order valence-electron chi connectivity index (χ2n) is 5.37. The highest BCUT2D eigenvalue weighted by Gasteiger charge is 2.26. The first kappa shape index (κ1) is 15.7. The molecule has 0 saturated heterocycles. The lowest BCUT2D eigenvalue weighted by Crippen LogP contribution is -2.43. The first-order chi connectivity index (χ1) is 10.0. The Morgan fingerprint density at radius 3 is 2.67 bits per heavy atom. The molecule has 112 valence electrons. The zero-order valence-electron chi connectivity index (χ0n) is 12.3. The third-order valence-corrected chi connectivity index (χ3v) is 4.03. The van der Waals surface area contributed by atoms with Gasteiger partial charge in [0.1, 0.15) is 5.69 Å². The first-order valence-corrected chi connectivity index (χ1v) is 7.90. The van der Waals surface area contributed by atoms with E-state index in [0.29, 0.717) is 18.7 Å². The summed E-state index contributed by atoms with van der Waals surface area (Å²) in [6.07, 6.45) is 0.586. The van der Waals surface area contributed by atoms with Crippen molar-refractivity contribution in [2.75, 3.05) is 6.54 Å². The molecule has 0 fully saturated rings. The molecule has 0 aliphatic rings. The van der Waals surface area contributed by atoms with Gasteiger partial charge in [0.05, 0.1) is 11.1 Å². The SMILES string of the molecule is CC[C@@](C)(O)CN(Cc1ccccc1)C(=O)c1cscn1. The minimum absolute atomic E-state index is 0.145. The van der Waals surface area contributed by atoms with Gasteiger partial charge in [-0.25, -0.2) is 4.98 Å². The standard InChI is InChI=1S/C16H20N2O2S/c1-3-16(2,20)11-18(9-13-7-5-4-6-8-13)15(19)14-10-21-12-17-14/h4-8,10,12,20H,3,9,11H2,1-2H3/t16-/m1/s1. The Morgan fingerprint density at radius 2 is 2.10 bits per heavy atom. The number of benzene rings is 1. The number of aromatic nitrogens is 1. The molecule has 0 aliphatic carbocycles. The molecular weight excluding hydrogens is 284 g/mol. The summed E-state index contributed by atoms with van der Waals surface area (Å²) in [5, 5.41) is 12.0. The summed E-state index contributed by atoms with van der Waals surface area (Å²) in [4.78, 5) is 18.3. The van der Waals surface area contributed by atoms with Crippen LogP contribution in [0.4, 0.5) is 0 Å². The lowest BCUT2D eigenvalue weighted by molar-refractivity contribution is 0.0133. The van der Waals surface area contributed by atoms with Gasteiger partial charge < -0.3 is 10.0 Å². The van der Waals surface area contributed by atoms with Crippen molar-refractivity contribution in [1.29, 1.82) is 0 Å². The summed E-state index contributed by atoms with van der Waals surface area (Å²) in [6.45, 7) is 4.41. The molecule has 1 amide bonds. The molecule has 0 saturated carbocycles. The summed E-state index contributed by atoms with van der Waals surface area (Å²) >= 11 is 1.39. The Labute approximate surface area is 129 Å². The Bertz CT molecular complexity index is 567. The number of hydrogen-bond donors (Lipinski definition) is 1. The van der Waals surface area contributed by atoms with Crippen molar-refractivity contribution in [1.82, 2.24) is 9.88 Å². The van der Waals surface area contributed by atoms with Crippen molar-refractivity contribution >= 4 is 17.2 Å². The lowest BCUT2D eigenvalue weighted by atomic mass is 10.0. The highest BCUT2D eigenvalue weighted by molar-refractivity contribution is 7.07. The summed E-state index contributed by atoms with van der Waals surface area (Å²) < 4.78 is 0. The molecule has 0 radical (unpaired) electrons. The Morgan fingerprint density at radius 1 is 1.38 bits per heavy atom. The number of carbonyl (C=O) groups is 1. The minimum atomic E-state index is -0.902. The predicted molar refractivity (Wildman–Crippen MR) is 84.2 cm³/mol. The molecule has 1 N–H and O–H groups in total. The number of aliphatic hydroxyl groups is 1. The van der Waals surface area contributed by atoms with E-state index >= 15 is 0 Å². The van der Waals surface area contributed by atoms with Gasteiger partial charge in [-0.2, -0.15) is 0 Å². The average molecular weight is 304 g/mol. The zero-order valence-corrected chi connectivity index (χ0v) is 13.1. The van der Waals surface area contributed by atoms with Crippen LogP contribution < -0.4 is 0 Å². The molecule has 0 aliphatic heterocycles. The number of thiazole rings is 1. The van der Waals surface area contributed by atoms with Crippen molar-refractivity contribution in [3.63, 3.8) is 0 Å². The van der Waals surface area contributed by atoms with Crippen molar-refractivity contribution in [3.05, 3.63) is 52.5 Å².